The van der Waals surface area contributed by atoms with E-state index in [1.165, 1.54) is 4.31 Å². The van der Waals surface area contributed by atoms with Gasteiger partial charge < -0.3 is 5.73 Å². The predicted molar refractivity (Wildman–Crippen MR) is 65.6 cm³/mol. The Morgan fingerprint density at radius 3 is 2.19 bits per heavy atom. The summed E-state index contributed by atoms with van der Waals surface area (Å²) in [6, 6.07) is -0.306. The monoisotopic (exact) mass is 250 g/mol. The molecule has 0 bridgehead atoms. The van der Waals surface area contributed by atoms with Crippen molar-refractivity contribution in [3.8, 4) is 0 Å². The summed E-state index contributed by atoms with van der Waals surface area (Å²) in [4.78, 5) is 0. The van der Waals surface area contributed by atoms with Crippen LogP contribution in [0.2, 0.25) is 0 Å². The van der Waals surface area contributed by atoms with Gasteiger partial charge in [0.1, 0.15) is 0 Å². The maximum absolute atomic E-state index is 11.9. The van der Waals surface area contributed by atoms with Crippen LogP contribution in [0.1, 0.15) is 34.1 Å². The van der Waals surface area contributed by atoms with Gasteiger partial charge in [0.25, 0.3) is 10.2 Å². The molecule has 6 nitrogen and oxygen atoms in total. The van der Waals surface area contributed by atoms with E-state index in [9.17, 15) is 8.42 Å². The predicted octanol–water partition coefficient (Wildman–Crippen LogP) is 0.266. The molecule has 0 aromatic carbocycles. The van der Waals surface area contributed by atoms with E-state index >= 15 is 0 Å². The largest absolute Gasteiger partial charge is 0.388 e. The van der Waals surface area contributed by atoms with Crippen molar-refractivity contribution in [3.63, 3.8) is 0 Å². The molecule has 0 atom stereocenters. The van der Waals surface area contributed by atoms with Crippen LogP contribution in [0.15, 0.2) is 0 Å². The van der Waals surface area contributed by atoms with Crippen LogP contribution in [0.4, 0.5) is 0 Å². The van der Waals surface area contributed by atoms with Crippen molar-refractivity contribution in [1.29, 1.82) is 5.41 Å². The van der Waals surface area contributed by atoms with Crippen LogP contribution in [0.5, 0.6) is 0 Å². The molecule has 0 spiro atoms. The highest BCUT2D eigenvalue weighted by atomic mass is 32.2. The van der Waals surface area contributed by atoms with Gasteiger partial charge in [0.15, 0.2) is 0 Å². The molecule has 0 rings (SSSR count). The molecule has 0 fully saturated rings. The summed E-state index contributed by atoms with van der Waals surface area (Å²) in [6.07, 6.45) is 0.247. The van der Waals surface area contributed by atoms with Crippen LogP contribution < -0.4 is 10.5 Å². The van der Waals surface area contributed by atoms with Gasteiger partial charge in [-0.1, -0.05) is 0 Å². The Kier molecular flexibility index (Phi) is 5.91. The van der Waals surface area contributed by atoms with Crippen molar-refractivity contribution in [2.24, 2.45) is 5.73 Å². The molecule has 0 saturated carbocycles. The average molecular weight is 250 g/mol. The van der Waals surface area contributed by atoms with Crippen molar-refractivity contribution >= 4 is 16.0 Å². The zero-order valence-electron chi connectivity index (χ0n) is 10.3. The van der Waals surface area contributed by atoms with Gasteiger partial charge >= 0.3 is 0 Å². The van der Waals surface area contributed by atoms with E-state index in [2.05, 4.69) is 4.72 Å². The molecule has 0 aliphatic rings. The second-order valence-electron chi connectivity index (χ2n) is 4.26. The van der Waals surface area contributed by atoms with Crippen LogP contribution in [0, 0.1) is 5.41 Å². The van der Waals surface area contributed by atoms with E-state index in [4.69, 9.17) is 11.1 Å². The minimum atomic E-state index is -3.49. The fraction of sp³-hybridized carbons (Fsp3) is 0.889. The number of rotatable bonds is 7. The molecule has 0 heterocycles. The third-order valence-corrected chi connectivity index (χ3v) is 3.86. The summed E-state index contributed by atoms with van der Waals surface area (Å²) in [6.45, 7) is 7.34. The van der Waals surface area contributed by atoms with Gasteiger partial charge in [-0.25, -0.2) is 0 Å². The SMILES string of the molecule is CC(C)NS(=O)(=O)N(CCC(=N)N)C(C)C. The summed E-state index contributed by atoms with van der Waals surface area (Å²) >= 11 is 0. The van der Waals surface area contributed by atoms with Gasteiger partial charge in [0.05, 0.1) is 5.84 Å². The molecule has 7 heteroatoms. The Hall–Kier alpha value is -0.660. The Bertz CT molecular complexity index is 324. The van der Waals surface area contributed by atoms with Crippen molar-refractivity contribution in [3.05, 3.63) is 0 Å². The smallest absolute Gasteiger partial charge is 0.279 e. The molecule has 96 valence electrons. The summed E-state index contributed by atoms with van der Waals surface area (Å²) in [7, 11) is -3.49. The van der Waals surface area contributed by atoms with Crippen molar-refractivity contribution in [1.82, 2.24) is 9.03 Å². The molecular formula is C9H22N4O2S. The number of hydrogen-bond acceptors (Lipinski definition) is 3. The van der Waals surface area contributed by atoms with Crippen LogP contribution in [0.3, 0.4) is 0 Å². The third kappa shape index (κ3) is 5.43. The summed E-state index contributed by atoms with van der Waals surface area (Å²) < 4.78 is 27.6. The number of amidine groups is 1. The van der Waals surface area contributed by atoms with Crippen molar-refractivity contribution < 1.29 is 8.42 Å². The van der Waals surface area contributed by atoms with Gasteiger partial charge in [-0.2, -0.15) is 17.4 Å². The summed E-state index contributed by atoms with van der Waals surface area (Å²) in [5.74, 6) is -0.00889. The molecule has 16 heavy (non-hydrogen) atoms. The minimum Gasteiger partial charge on any atom is -0.388 e. The number of nitrogens with one attached hydrogen (secondary N) is 2. The van der Waals surface area contributed by atoms with E-state index in [1.807, 2.05) is 0 Å². The van der Waals surface area contributed by atoms with Crippen LogP contribution >= 0.6 is 0 Å². The van der Waals surface area contributed by atoms with E-state index < -0.39 is 10.2 Å². The maximum Gasteiger partial charge on any atom is 0.279 e. The molecule has 4 N–H and O–H groups in total. The standard InChI is InChI=1S/C9H22N4O2S/c1-7(2)12-16(14,15)13(8(3)4)6-5-9(10)11/h7-8,12H,5-6H2,1-4H3,(H3,10,11). The second-order valence-corrected chi connectivity index (χ2v) is 5.91. The van der Waals surface area contributed by atoms with E-state index in [0.29, 0.717) is 0 Å². The first-order chi connectivity index (χ1) is 7.16. The molecule has 0 aliphatic heterocycles. The first-order valence-corrected chi connectivity index (χ1v) is 6.72. The fourth-order valence-electron chi connectivity index (χ4n) is 1.25. The zero-order chi connectivity index (χ0) is 12.9. The summed E-state index contributed by atoms with van der Waals surface area (Å²) in [5, 5.41) is 7.11. The Morgan fingerprint density at radius 1 is 1.38 bits per heavy atom. The molecule has 0 aliphatic carbocycles. The highest BCUT2D eigenvalue weighted by molar-refractivity contribution is 7.87. The van der Waals surface area contributed by atoms with Crippen molar-refractivity contribution in [2.45, 2.75) is 46.2 Å². The molecule has 0 aromatic rings. The lowest BCUT2D eigenvalue weighted by atomic mass is 10.3. The van der Waals surface area contributed by atoms with Gasteiger partial charge in [0.2, 0.25) is 0 Å². The van der Waals surface area contributed by atoms with Crippen LogP contribution in [-0.4, -0.2) is 37.2 Å². The second kappa shape index (κ2) is 6.17. The number of nitrogens with zero attached hydrogens (tertiary/aromatic N) is 1. The van der Waals surface area contributed by atoms with Gasteiger partial charge in [-0.3, -0.25) is 5.41 Å². The van der Waals surface area contributed by atoms with E-state index in [1.54, 1.807) is 27.7 Å². The quantitative estimate of drug-likeness (QED) is 0.446. The first kappa shape index (κ1) is 15.3. The molecule has 0 amide bonds. The highest BCUT2D eigenvalue weighted by Crippen LogP contribution is 2.06. The van der Waals surface area contributed by atoms with Gasteiger partial charge in [-0.05, 0) is 27.7 Å². The number of nitrogens with two attached hydrogens (primary N) is 1. The van der Waals surface area contributed by atoms with E-state index in [0.717, 1.165) is 0 Å². The molecule has 0 saturated heterocycles. The van der Waals surface area contributed by atoms with Gasteiger partial charge in [0, 0.05) is 25.0 Å². The number of hydrogen-bond donors (Lipinski definition) is 3. The Labute approximate surface area is 97.9 Å². The Balaban J connectivity index is 4.70. The first-order valence-electron chi connectivity index (χ1n) is 5.28. The minimum absolute atomic E-state index is 0.00889. The van der Waals surface area contributed by atoms with Crippen LogP contribution in [0.25, 0.3) is 0 Å². The molecule has 0 radical (unpaired) electrons. The third-order valence-electron chi connectivity index (χ3n) is 1.87. The van der Waals surface area contributed by atoms with Crippen molar-refractivity contribution in [2.75, 3.05) is 6.54 Å². The lowest BCUT2D eigenvalue weighted by Crippen LogP contribution is -2.47. The molecule has 0 aromatic heterocycles. The maximum atomic E-state index is 11.9. The average Bonchev–Trinajstić information content (AvgIpc) is 1.98. The molecular weight excluding hydrogens is 228 g/mol. The molecule has 0 unspecified atom stereocenters. The lowest BCUT2D eigenvalue weighted by Gasteiger charge is -2.26. The summed E-state index contributed by atoms with van der Waals surface area (Å²) in [5.41, 5.74) is 5.23. The van der Waals surface area contributed by atoms with Gasteiger partial charge in [-0.15, -0.1) is 0 Å². The van der Waals surface area contributed by atoms with E-state index in [-0.39, 0.29) is 30.9 Å². The highest BCUT2D eigenvalue weighted by Gasteiger charge is 2.25. The van der Waals surface area contributed by atoms with Crippen LogP contribution in [-0.2, 0) is 10.2 Å². The zero-order valence-corrected chi connectivity index (χ0v) is 11.1. The lowest BCUT2D eigenvalue weighted by molar-refractivity contribution is 0.353. The normalized spacial score (nSPS) is 12.7. The fourth-order valence-corrected chi connectivity index (χ4v) is 2.87. The topological polar surface area (TPSA) is 99.3 Å². The Morgan fingerprint density at radius 2 is 1.88 bits per heavy atom.